The van der Waals surface area contributed by atoms with Crippen molar-refractivity contribution in [3.8, 4) is 6.07 Å². The topological polar surface area (TPSA) is 75.8 Å². The smallest absolute Gasteiger partial charge is 0.0995 e. The molecule has 68 valence electrons. The Morgan fingerprint density at radius 3 is 2.77 bits per heavy atom. The molecule has 0 heterocycles. The molecule has 0 spiro atoms. The monoisotopic (exact) mass is 195 g/mol. The van der Waals surface area contributed by atoms with E-state index in [1.807, 2.05) is 6.07 Å². The molecule has 0 aliphatic heterocycles. The predicted molar refractivity (Wildman–Crippen MR) is 52.1 cm³/mol. The minimum absolute atomic E-state index is 0.299. The van der Waals surface area contributed by atoms with E-state index in [1.54, 1.807) is 18.2 Å². The second kappa shape index (κ2) is 4.24. The maximum atomic E-state index is 8.78. The van der Waals surface area contributed by atoms with Crippen LogP contribution in [0.25, 0.3) is 0 Å². The minimum Gasteiger partial charge on any atom is -0.329 e. The van der Waals surface area contributed by atoms with Gasteiger partial charge in [0, 0.05) is 17.6 Å². The van der Waals surface area contributed by atoms with Crippen LogP contribution >= 0.6 is 11.6 Å². The van der Waals surface area contributed by atoms with Crippen molar-refractivity contribution < 1.29 is 0 Å². The number of nitrogens with two attached hydrogens (primary N) is 2. The van der Waals surface area contributed by atoms with Gasteiger partial charge in [-0.3, -0.25) is 0 Å². The van der Waals surface area contributed by atoms with Crippen LogP contribution in [0.5, 0.6) is 0 Å². The number of nitriles is 1. The first-order valence-corrected chi connectivity index (χ1v) is 4.22. The van der Waals surface area contributed by atoms with Gasteiger partial charge in [0.2, 0.25) is 0 Å². The summed E-state index contributed by atoms with van der Waals surface area (Å²) in [5.74, 6) is 0. The zero-order chi connectivity index (χ0) is 9.84. The third kappa shape index (κ3) is 2.19. The largest absolute Gasteiger partial charge is 0.329 e. The van der Waals surface area contributed by atoms with Gasteiger partial charge in [-0.05, 0) is 17.7 Å². The fraction of sp³-hybridized carbons (Fsp3) is 0.222. The summed E-state index contributed by atoms with van der Waals surface area (Å²) >= 11 is 5.72. The molecule has 0 saturated carbocycles. The summed E-state index contributed by atoms with van der Waals surface area (Å²) in [4.78, 5) is 0. The zero-order valence-electron chi connectivity index (χ0n) is 7.00. The number of hydrogen-bond donors (Lipinski definition) is 2. The lowest BCUT2D eigenvalue weighted by Crippen LogP contribution is -2.21. The Bertz CT molecular complexity index is 343. The van der Waals surface area contributed by atoms with Gasteiger partial charge in [-0.15, -0.1) is 0 Å². The molecule has 4 N–H and O–H groups in total. The molecule has 0 aromatic heterocycles. The van der Waals surface area contributed by atoms with Crippen LogP contribution < -0.4 is 11.5 Å². The molecule has 0 radical (unpaired) electrons. The van der Waals surface area contributed by atoms with Crippen LogP contribution in [0.1, 0.15) is 17.2 Å². The molecule has 1 rings (SSSR count). The molecule has 0 aliphatic carbocycles. The summed E-state index contributed by atoms with van der Waals surface area (Å²) in [5.41, 5.74) is 12.3. The standard InChI is InChI=1S/C9H10ClN3/c10-7-1-2-8(9(13)5-12)6(3-7)4-11/h1-3,9H,5,12-13H2. The second-order valence-corrected chi connectivity index (χ2v) is 3.12. The Labute approximate surface area is 81.9 Å². The van der Waals surface area contributed by atoms with E-state index in [9.17, 15) is 0 Å². The van der Waals surface area contributed by atoms with Crippen molar-refractivity contribution in [1.29, 1.82) is 5.26 Å². The SMILES string of the molecule is N#Cc1cc(Cl)ccc1C(N)CN. The molecule has 0 aliphatic rings. The van der Waals surface area contributed by atoms with Gasteiger partial charge >= 0.3 is 0 Å². The highest BCUT2D eigenvalue weighted by atomic mass is 35.5. The van der Waals surface area contributed by atoms with Crippen molar-refractivity contribution in [2.75, 3.05) is 6.54 Å². The summed E-state index contributed by atoms with van der Waals surface area (Å²) in [6, 6.07) is 6.76. The lowest BCUT2D eigenvalue weighted by molar-refractivity contribution is 0.735. The van der Waals surface area contributed by atoms with Crippen molar-refractivity contribution in [2.45, 2.75) is 6.04 Å². The van der Waals surface area contributed by atoms with E-state index in [0.29, 0.717) is 17.1 Å². The molecular weight excluding hydrogens is 186 g/mol. The van der Waals surface area contributed by atoms with Gasteiger partial charge in [0.05, 0.1) is 11.6 Å². The summed E-state index contributed by atoms with van der Waals surface area (Å²) < 4.78 is 0. The Morgan fingerprint density at radius 1 is 1.54 bits per heavy atom. The van der Waals surface area contributed by atoms with Crippen LogP contribution in [0.3, 0.4) is 0 Å². The van der Waals surface area contributed by atoms with E-state index < -0.39 is 0 Å². The summed E-state index contributed by atoms with van der Waals surface area (Å²) in [6.45, 7) is 0.316. The normalized spacial score (nSPS) is 12.2. The molecule has 1 aromatic rings. The van der Waals surface area contributed by atoms with Crippen molar-refractivity contribution in [2.24, 2.45) is 11.5 Å². The van der Waals surface area contributed by atoms with Crippen LogP contribution in [0.2, 0.25) is 5.02 Å². The molecular formula is C9H10ClN3. The molecule has 0 saturated heterocycles. The molecule has 3 nitrogen and oxygen atoms in total. The van der Waals surface area contributed by atoms with Crippen LogP contribution in [0.4, 0.5) is 0 Å². The average Bonchev–Trinajstić information content (AvgIpc) is 2.16. The van der Waals surface area contributed by atoms with E-state index in [4.69, 9.17) is 28.3 Å². The molecule has 0 fully saturated rings. The van der Waals surface area contributed by atoms with Crippen molar-refractivity contribution in [3.05, 3.63) is 34.3 Å². The maximum absolute atomic E-state index is 8.78. The third-order valence-corrected chi connectivity index (χ3v) is 2.02. The van der Waals surface area contributed by atoms with E-state index in [0.717, 1.165) is 5.56 Å². The van der Waals surface area contributed by atoms with Gasteiger partial charge in [-0.1, -0.05) is 17.7 Å². The van der Waals surface area contributed by atoms with Crippen LogP contribution in [-0.2, 0) is 0 Å². The highest BCUT2D eigenvalue weighted by molar-refractivity contribution is 6.30. The molecule has 1 aromatic carbocycles. The highest BCUT2D eigenvalue weighted by Gasteiger charge is 2.09. The lowest BCUT2D eigenvalue weighted by atomic mass is 10.0. The van der Waals surface area contributed by atoms with Crippen LogP contribution in [0, 0.1) is 11.3 Å². The fourth-order valence-corrected chi connectivity index (χ4v) is 1.25. The third-order valence-electron chi connectivity index (χ3n) is 1.79. The Morgan fingerprint density at radius 2 is 2.23 bits per heavy atom. The molecule has 4 heteroatoms. The summed E-state index contributed by atoms with van der Waals surface area (Å²) in [7, 11) is 0. The van der Waals surface area contributed by atoms with Gasteiger partial charge in [0.25, 0.3) is 0 Å². The number of halogens is 1. The Hall–Kier alpha value is -1.08. The zero-order valence-corrected chi connectivity index (χ0v) is 7.75. The van der Waals surface area contributed by atoms with Crippen LogP contribution in [0.15, 0.2) is 18.2 Å². The molecule has 1 unspecified atom stereocenters. The van der Waals surface area contributed by atoms with Crippen molar-refractivity contribution in [1.82, 2.24) is 0 Å². The van der Waals surface area contributed by atoms with Gasteiger partial charge in [-0.25, -0.2) is 0 Å². The van der Waals surface area contributed by atoms with Gasteiger partial charge in [0.15, 0.2) is 0 Å². The first-order chi connectivity index (χ1) is 6.19. The van der Waals surface area contributed by atoms with Gasteiger partial charge in [0.1, 0.15) is 0 Å². The maximum Gasteiger partial charge on any atom is 0.0995 e. The number of nitrogens with zero attached hydrogens (tertiary/aromatic N) is 1. The first-order valence-electron chi connectivity index (χ1n) is 3.84. The van der Waals surface area contributed by atoms with E-state index in [1.165, 1.54) is 0 Å². The van der Waals surface area contributed by atoms with Crippen molar-refractivity contribution >= 4 is 11.6 Å². The van der Waals surface area contributed by atoms with Gasteiger partial charge < -0.3 is 11.5 Å². The fourth-order valence-electron chi connectivity index (χ4n) is 1.08. The summed E-state index contributed by atoms with van der Waals surface area (Å²) in [5, 5.41) is 9.31. The van der Waals surface area contributed by atoms with E-state index in [2.05, 4.69) is 0 Å². The van der Waals surface area contributed by atoms with E-state index in [-0.39, 0.29) is 6.04 Å². The van der Waals surface area contributed by atoms with Crippen molar-refractivity contribution in [3.63, 3.8) is 0 Å². The molecule has 0 amide bonds. The molecule has 13 heavy (non-hydrogen) atoms. The summed E-state index contributed by atoms with van der Waals surface area (Å²) in [6.07, 6.45) is 0. The lowest BCUT2D eigenvalue weighted by Gasteiger charge is -2.10. The Balaban J connectivity index is 3.15. The number of hydrogen-bond acceptors (Lipinski definition) is 3. The Kier molecular flexibility index (Phi) is 3.26. The quantitative estimate of drug-likeness (QED) is 0.744. The second-order valence-electron chi connectivity index (χ2n) is 2.69. The van der Waals surface area contributed by atoms with Crippen LogP contribution in [-0.4, -0.2) is 6.54 Å². The minimum atomic E-state index is -0.299. The van der Waals surface area contributed by atoms with Gasteiger partial charge in [-0.2, -0.15) is 5.26 Å². The number of benzene rings is 1. The predicted octanol–water partition coefficient (Wildman–Crippen LogP) is 1.17. The first kappa shape index (κ1) is 10.0. The number of rotatable bonds is 2. The highest BCUT2D eigenvalue weighted by Crippen LogP contribution is 2.19. The molecule has 1 atom stereocenters. The molecule has 0 bridgehead atoms. The van der Waals surface area contributed by atoms with E-state index >= 15 is 0 Å². The average molecular weight is 196 g/mol.